The molecule has 0 aliphatic carbocycles. The zero-order valence-corrected chi connectivity index (χ0v) is 10.2. The Labute approximate surface area is 107 Å². The highest BCUT2D eigenvalue weighted by atomic mass is 14.9. The van der Waals surface area contributed by atoms with Gasteiger partial charge in [-0.15, -0.1) is 0 Å². The van der Waals surface area contributed by atoms with Crippen molar-refractivity contribution in [2.24, 2.45) is 11.7 Å². The lowest BCUT2D eigenvalue weighted by atomic mass is 9.87. The van der Waals surface area contributed by atoms with E-state index in [0.29, 0.717) is 5.92 Å². The summed E-state index contributed by atoms with van der Waals surface area (Å²) < 4.78 is 0. The summed E-state index contributed by atoms with van der Waals surface area (Å²) in [5.74, 6) is 0.398. The zero-order chi connectivity index (χ0) is 12.4. The highest BCUT2D eigenvalue weighted by Gasteiger charge is 2.25. The molecule has 3 heteroatoms. The molecule has 3 nitrogen and oxygen atoms in total. The van der Waals surface area contributed by atoms with Crippen molar-refractivity contribution in [3.8, 4) is 0 Å². The molecule has 0 radical (unpaired) electrons. The van der Waals surface area contributed by atoms with Crippen LogP contribution in [0.1, 0.15) is 17.3 Å². The lowest BCUT2D eigenvalue weighted by Crippen LogP contribution is -2.33. The van der Waals surface area contributed by atoms with Gasteiger partial charge in [0, 0.05) is 24.7 Å². The summed E-state index contributed by atoms with van der Waals surface area (Å²) in [5.41, 5.74) is 9.83. The third-order valence-electron chi connectivity index (χ3n) is 3.59. The number of nitrogens with two attached hydrogens (primary N) is 1. The van der Waals surface area contributed by atoms with Gasteiger partial charge in [-0.3, -0.25) is 4.98 Å². The van der Waals surface area contributed by atoms with Crippen LogP contribution in [-0.2, 0) is 6.42 Å². The predicted octanol–water partition coefficient (Wildman–Crippen LogP) is 2.37. The van der Waals surface area contributed by atoms with Gasteiger partial charge in [-0.1, -0.05) is 30.3 Å². The summed E-state index contributed by atoms with van der Waals surface area (Å²) in [6.45, 7) is 0.911. The normalized spacial score (nSPS) is 19.7. The molecule has 1 aromatic carbocycles. The minimum Gasteiger partial charge on any atom is -0.383 e. The van der Waals surface area contributed by atoms with Crippen LogP contribution < -0.4 is 11.1 Å². The Hall–Kier alpha value is -1.87. The largest absolute Gasteiger partial charge is 0.383 e. The zero-order valence-electron chi connectivity index (χ0n) is 10.2. The van der Waals surface area contributed by atoms with Gasteiger partial charge in [0.25, 0.3) is 0 Å². The molecular weight excluding hydrogens is 222 g/mol. The molecule has 18 heavy (non-hydrogen) atoms. The molecule has 0 unspecified atom stereocenters. The SMILES string of the molecule is N[C@H](c1ccccc1)[C@H]1CNc2cccnc2C1. The Balaban J connectivity index is 1.80. The van der Waals surface area contributed by atoms with Gasteiger partial charge in [0.2, 0.25) is 0 Å². The van der Waals surface area contributed by atoms with Crippen molar-refractivity contribution in [2.75, 3.05) is 11.9 Å². The van der Waals surface area contributed by atoms with E-state index in [1.165, 1.54) is 5.56 Å². The number of hydrogen-bond donors (Lipinski definition) is 2. The molecule has 0 fully saturated rings. The van der Waals surface area contributed by atoms with E-state index in [1.807, 2.05) is 30.5 Å². The van der Waals surface area contributed by atoms with Crippen LogP contribution in [0.4, 0.5) is 5.69 Å². The van der Waals surface area contributed by atoms with Crippen molar-refractivity contribution in [1.29, 1.82) is 0 Å². The molecule has 0 saturated carbocycles. The Morgan fingerprint density at radius 1 is 1.17 bits per heavy atom. The van der Waals surface area contributed by atoms with Gasteiger partial charge in [0.15, 0.2) is 0 Å². The monoisotopic (exact) mass is 239 g/mol. The first-order chi connectivity index (χ1) is 8.84. The molecular formula is C15H17N3. The molecule has 1 aliphatic heterocycles. The first kappa shape index (κ1) is 11.2. The highest BCUT2D eigenvalue weighted by molar-refractivity contribution is 5.49. The molecule has 1 aromatic heterocycles. The number of anilines is 1. The number of nitrogens with one attached hydrogen (secondary N) is 1. The second-order valence-corrected chi connectivity index (χ2v) is 4.78. The van der Waals surface area contributed by atoms with Gasteiger partial charge in [0.05, 0.1) is 11.4 Å². The molecule has 2 aromatic rings. The standard InChI is InChI=1S/C15H17N3/c16-15(11-5-2-1-3-6-11)12-9-14-13(18-10-12)7-4-8-17-14/h1-8,12,15,18H,9-10,16H2/t12-,15-/m1/s1. The minimum atomic E-state index is 0.0638. The molecule has 3 N–H and O–H groups in total. The van der Waals surface area contributed by atoms with E-state index in [4.69, 9.17) is 5.73 Å². The van der Waals surface area contributed by atoms with Gasteiger partial charge in [-0.25, -0.2) is 0 Å². The van der Waals surface area contributed by atoms with Crippen molar-refractivity contribution >= 4 is 5.69 Å². The van der Waals surface area contributed by atoms with Gasteiger partial charge < -0.3 is 11.1 Å². The maximum absolute atomic E-state index is 6.36. The van der Waals surface area contributed by atoms with Crippen LogP contribution in [0.3, 0.4) is 0 Å². The Bertz CT molecular complexity index is 524. The van der Waals surface area contributed by atoms with Crippen molar-refractivity contribution in [3.63, 3.8) is 0 Å². The fraction of sp³-hybridized carbons (Fsp3) is 0.267. The Kier molecular flexibility index (Phi) is 2.99. The second-order valence-electron chi connectivity index (χ2n) is 4.78. The number of fused-ring (bicyclic) bond motifs is 1. The maximum Gasteiger partial charge on any atom is 0.0638 e. The van der Waals surface area contributed by atoms with Gasteiger partial charge in [-0.05, 0) is 24.1 Å². The fourth-order valence-corrected chi connectivity index (χ4v) is 2.52. The third kappa shape index (κ3) is 2.09. The van der Waals surface area contributed by atoms with E-state index in [9.17, 15) is 0 Å². The average molecular weight is 239 g/mol. The Morgan fingerprint density at radius 2 is 2.00 bits per heavy atom. The Morgan fingerprint density at radius 3 is 2.83 bits per heavy atom. The first-order valence-electron chi connectivity index (χ1n) is 6.33. The molecule has 2 heterocycles. The third-order valence-corrected chi connectivity index (χ3v) is 3.59. The average Bonchev–Trinajstić information content (AvgIpc) is 2.47. The summed E-state index contributed by atoms with van der Waals surface area (Å²) in [7, 11) is 0. The topological polar surface area (TPSA) is 50.9 Å². The molecule has 0 saturated heterocycles. The van der Waals surface area contributed by atoms with E-state index in [2.05, 4.69) is 28.5 Å². The quantitative estimate of drug-likeness (QED) is 0.846. The van der Waals surface area contributed by atoms with Crippen LogP contribution in [-0.4, -0.2) is 11.5 Å². The summed E-state index contributed by atoms with van der Waals surface area (Å²) in [5, 5.41) is 3.42. The van der Waals surface area contributed by atoms with Crippen LogP contribution in [0.25, 0.3) is 0 Å². The van der Waals surface area contributed by atoms with Crippen LogP contribution in [0.15, 0.2) is 48.7 Å². The van der Waals surface area contributed by atoms with Crippen LogP contribution in [0.2, 0.25) is 0 Å². The fourth-order valence-electron chi connectivity index (χ4n) is 2.52. The molecule has 1 aliphatic rings. The van der Waals surface area contributed by atoms with E-state index in [1.54, 1.807) is 0 Å². The minimum absolute atomic E-state index is 0.0638. The van der Waals surface area contributed by atoms with Crippen LogP contribution in [0, 0.1) is 5.92 Å². The van der Waals surface area contributed by atoms with Crippen LogP contribution >= 0.6 is 0 Å². The first-order valence-corrected chi connectivity index (χ1v) is 6.33. The summed E-state index contributed by atoms with van der Waals surface area (Å²) >= 11 is 0. The van der Waals surface area contributed by atoms with Crippen molar-refractivity contribution in [2.45, 2.75) is 12.5 Å². The second kappa shape index (κ2) is 4.78. The summed E-state index contributed by atoms with van der Waals surface area (Å²) in [6.07, 6.45) is 2.79. The molecule has 92 valence electrons. The van der Waals surface area contributed by atoms with E-state index in [0.717, 1.165) is 24.3 Å². The number of hydrogen-bond acceptors (Lipinski definition) is 3. The van der Waals surface area contributed by atoms with E-state index >= 15 is 0 Å². The number of nitrogens with zero attached hydrogens (tertiary/aromatic N) is 1. The van der Waals surface area contributed by atoms with Crippen molar-refractivity contribution in [3.05, 3.63) is 59.9 Å². The van der Waals surface area contributed by atoms with Gasteiger partial charge in [-0.2, -0.15) is 0 Å². The van der Waals surface area contributed by atoms with E-state index in [-0.39, 0.29) is 6.04 Å². The predicted molar refractivity (Wildman–Crippen MR) is 73.3 cm³/mol. The van der Waals surface area contributed by atoms with Gasteiger partial charge in [0.1, 0.15) is 0 Å². The van der Waals surface area contributed by atoms with Gasteiger partial charge >= 0.3 is 0 Å². The van der Waals surface area contributed by atoms with Crippen molar-refractivity contribution < 1.29 is 0 Å². The molecule has 2 atom stereocenters. The molecule has 0 spiro atoms. The summed E-state index contributed by atoms with van der Waals surface area (Å²) in [6, 6.07) is 14.4. The number of pyridine rings is 1. The maximum atomic E-state index is 6.36. The molecule has 3 rings (SSSR count). The lowest BCUT2D eigenvalue weighted by Gasteiger charge is -2.29. The van der Waals surface area contributed by atoms with Crippen LogP contribution in [0.5, 0.6) is 0 Å². The number of rotatable bonds is 2. The summed E-state index contributed by atoms with van der Waals surface area (Å²) in [4.78, 5) is 4.43. The number of aromatic nitrogens is 1. The number of benzene rings is 1. The van der Waals surface area contributed by atoms with E-state index < -0.39 is 0 Å². The van der Waals surface area contributed by atoms with Crippen molar-refractivity contribution in [1.82, 2.24) is 4.98 Å². The smallest absolute Gasteiger partial charge is 0.0638 e. The lowest BCUT2D eigenvalue weighted by molar-refractivity contribution is 0.435. The highest BCUT2D eigenvalue weighted by Crippen LogP contribution is 2.29. The molecule has 0 bridgehead atoms. The molecule has 0 amide bonds.